The maximum atomic E-state index is 13.3. The van der Waals surface area contributed by atoms with Crippen LogP contribution in [0.25, 0.3) is 0 Å². The van der Waals surface area contributed by atoms with Crippen LogP contribution in [0.3, 0.4) is 0 Å². The van der Waals surface area contributed by atoms with Gasteiger partial charge in [-0.05, 0) is 37.0 Å². The van der Waals surface area contributed by atoms with E-state index in [-0.39, 0.29) is 5.56 Å². The molecule has 1 rings (SSSR count). The Bertz CT molecular complexity index is 391. The topological polar surface area (TPSA) is 52.3 Å². The zero-order chi connectivity index (χ0) is 12.8. The first-order chi connectivity index (χ1) is 8.00. The zero-order valence-corrected chi connectivity index (χ0v) is 10.2. The van der Waals surface area contributed by atoms with E-state index < -0.39 is 11.8 Å². The number of nitrogens with two attached hydrogens (primary N) is 1. The van der Waals surface area contributed by atoms with Gasteiger partial charge in [0.2, 0.25) is 0 Å². The van der Waals surface area contributed by atoms with Gasteiger partial charge < -0.3 is 10.5 Å². The number of halogens is 1. The van der Waals surface area contributed by atoms with Crippen molar-refractivity contribution in [1.29, 1.82) is 0 Å². The molecule has 2 N–H and O–H groups in total. The van der Waals surface area contributed by atoms with E-state index in [0.717, 1.165) is 12.8 Å². The van der Waals surface area contributed by atoms with Gasteiger partial charge in [0.05, 0.1) is 12.2 Å². The summed E-state index contributed by atoms with van der Waals surface area (Å²) in [6.07, 6.45) is 1.76. The molecule has 0 aromatic heterocycles. The zero-order valence-electron chi connectivity index (χ0n) is 10.2. The molecule has 17 heavy (non-hydrogen) atoms. The van der Waals surface area contributed by atoms with E-state index >= 15 is 0 Å². The first-order valence-electron chi connectivity index (χ1n) is 5.73. The quantitative estimate of drug-likeness (QED) is 0.488. The van der Waals surface area contributed by atoms with E-state index in [0.29, 0.717) is 18.2 Å². The number of rotatable bonds is 5. The van der Waals surface area contributed by atoms with Crippen molar-refractivity contribution in [2.75, 3.05) is 12.3 Å². The van der Waals surface area contributed by atoms with E-state index in [1.54, 1.807) is 0 Å². The molecule has 0 aliphatic carbocycles. The molecule has 0 atom stereocenters. The van der Waals surface area contributed by atoms with Gasteiger partial charge in [-0.25, -0.2) is 9.18 Å². The van der Waals surface area contributed by atoms with Crippen LogP contribution in [-0.4, -0.2) is 12.6 Å². The van der Waals surface area contributed by atoms with Gasteiger partial charge in [-0.2, -0.15) is 0 Å². The molecular formula is C13H18FNO2. The highest BCUT2D eigenvalue weighted by atomic mass is 19.1. The van der Waals surface area contributed by atoms with Crippen LogP contribution >= 0.6 is 0 Å². The predicted molar refractivity (Wildman–Crippen MR) is 65.2 cm³/mol. The molecule has 0 amide bonds. The van der Waals surface area contributed by atoms with Gasteiger partial charge in [0.25, 0.3) is 0 Å². The summed E-state index contributed by atoms with van der Waals surface area (Å²) in [6.45, 7) is 4.50. The third kappa shape index (κ3) is 4.43. The lowest BCUT2D eigenvalue weighted by Crippen LogP contribution is -2.09. The number of hydrogen-bond donors (Lipinski definition) is 1. The molecule has 0 heterocycles. The number of benzene rings is 1. The number of esters is 1. The van der Waals surface area contributed by atoms with Crippen LogP contribution in [0.15, 0.2) is 18.2 Å². The Morgan fingerprint density at radius 3 is 2.82 bits per heavy atom. The molecule has 0 saturated carbocycles. The van der Waals surface area contributed by atoms with Crippen LogP contribution in [0, 0.1) is 11.7 Å². The molecule has 0 bridgehead atoms. The van der Waals surface area contributed by atoms with Gasteiger partial charge in [0, 0.05) is 5.69 Å². The number of hydrogen-bond acceptors (Lipinski definition) is 3. The van der Waals surface area contributed by atoms with Crippen molar-refractivity contribution in [3.63, 3.8) is 0 Å². The van der Waals surface area contributed by atoms with Crippen LogP contribution in [0.2, 0.25) is 0 Å². The SMILES string of the molecule is CC(C)CCCOC(=O)c1cc(N)ccc1F. The van der Waals surface area contributed by atoms with E-state index in [1.807, 2.05) is 0 Å². The van der Waals surface area contributed by atoms with Crippen molar-refractivity contribution < 1.29 is 13.9 Å². The number of carbonyl (C=O) groups is 1. The van der Waals surface area contributed by atoms with Crippen molar-refractivity contribution in [3.8, 4) is 0 Å². The Morgan fingerprint density at radius 1 is 1.47 bits per heavy atom. The monoisotopic (exact) mass is 239 g/mol. The van der Waals surface area contributed by atoms with Gasteiger partial charge >= 0.3 is 5.97 Å². The summed E-state index contributed by atoms with van der Waals surface area (Å²) in [5.74, 6) is -0.690. The molecule has 0 radical (unpaired) electrons. The summed E-state index contributed by atoms with van der Waals surface area (Å²) in [4.78, 5) is 11.5. The molecule has 0 aliphatic heterocycles. The van der Waals surface area contributed by atoms with Crippen LogP contribution in [0.5, 0.6) is 0 Å². The Hall–Kier alpha value is -1.58. The average Bonchev–Trinajstić information content (AvgIpc) is 2.27. The number of ether oxygens (including phenoxy) is 1. The smallest absolute Gasteiger partial charge is 0.341 e. The highest BCUT2D eigenvalue weighted by molar-refractivity contribution is 5.90. The first-order valence-corrected chi connectivity index (χ1v) is 5.73. The summed E-state index contributed by atoms with van der Waals surface area (Å²) >= 11 is 0. The van der Waals surface area contributed by atoms with Crippen molar-refractivity contribution in [2.24, 2.45) is 5.92 Å². The number of nitrogen functional groups attached to an aromatic ring is 1. The molecular weight excluding hydrogens is 221 g/mol. The minimum absolute atomic E-state index is 0.102. The molecule has 1 aromatic rings. The minimum Gasteiger partial charge on any atom is -0.462 e. The Kier molecular flexibility index (Phi) is 4.94. The fraction of sp³-hybridized carbons (Fsp3) is 0.462. The van der Waals surface area contributed by atoms with Crippen molar-refractivity contribution in [1.82, 2.24) is 0 Å². The summed E-state index contributed by atoms with van der Waals surface area (Å²) in [5.41, 5.74) is 5.73. The normalized spacial score (nSPS) is 10.6. The van der Waals surface area contributed by atoms with Gasteiger partial charge in [0.15, 0.2) is 0 Å². The van der Waals surface area contributed by atoms with E-state index in [2.05, 4.69) is 13.8 Å². The van der Waals surface area contributed by atoms with Gasteiger partial charge in [-0.15, -0.1) is 0 Å². The van der Waals surface area contributed by atoms with Crippen LogP contribution in [0.4, 0.5) is 10.1 Å². The van der Waals surface area contributed by atoms with Crippen molar-refractivity contribution in [2.45, 2.75) is 26.7 Å². The second kappa shape index (κ2) is 6.23. The highest BCUT2D eigenvalue weighted by Crippen LogP contribution is 2.13. The summed E-state index contributed by atoms with van der Waals surface area (Å²) < 4.78 is 18.3. The van der Waals surface area contributed by atoms with Crippen LogP contribution in [-0.2, 0) is 4.74 Å². The maximum absolute atomic E-state index is 13.3. The Labute approximate surface area is 101 Å². The Balaban J connectivity index is 2.49. The lowest BCUT2D eigenvalue weighted by Gasteiger charge is -2.07. The molecule has 4 heteroatoms. The third-order valence-electron chi connectivity index (χ3n) is 2.37. The first kappa shape index (κ1) is 13.5. The Morgan fingerprint density at radius 2 is 2.18 bits per heavy atom. The molecule has 1 aromatic carbocycles. The number of carbonyl (C=O) groups excluding carboxylic acids is 1. The predicted octanol–water partition coefficient (Wildman–Crippen LogP) is 3.00. The lowest BCUT2D eigenvalue weighted by molar-refractivity contribution is 0.0489. The van der Waals surface area contributed by atoms with E-state index in [1.165, 1.54) is 18.2 Å². The average molecular weight is 239 g/mol. The van der Waals surface area contributed by atoms with E-state index in [9.17, 15) is 9.18 Å². The van der Waals surface area contributed by atoms with Crippen LogP contribution in [0.1, 0.15) is 37.0 Å². The summed E-state index contributed by atoms with van der Waals surface area (Å²) in [7, 11) is 0. The molecule has 94 valence electrons. The maximum Gasteiger partial charge on any atom is 0.341 e. The van der Waals surface area contributed by atoms with Crippen LogP contribution < -0.4 is 5.73 Å². The highest BCUT2D eigenvalue weighted by Gasteiger charge is 2.13. The molecule has 0 unspecified atom stereocenters. The standard InChI is InChI=1S/C13H18FNO2/c1-9(2)4-3-7-17-13(16)11-8-10(15)5-6-12(11)14/h5-6,8-9H,3-4,7,15H2,1-2H3. The molecule has 0 spiro atoms. The van der Waals surface area contributed by atoms with Crippen molar-refractivity contribution in [3.05, 3.63) is 29.6 Å². The number of anilines is 1. The van der Waals surface area contributed by atoms with Gasteiger partial charge in [0.1, 0.15) is 5.82 Å². The molecule has 3 nitrogen and oxygen atoms in total. The van der Waals surface area contributed by atoms with E-state index in [4.69, 9.17) is 10.5 Å². The second-order valence-electron chi connectivity index (χ2n) is 4.41. The summed E-state index contributed by atoms with van der Waals surface area (Å²) in [6, 6.07) is 3.87. The molecule has 0 fully saturated rings. The summed E-state index contributed by atoms with van der Waals surface area (Å²) in [5, 5.41) is 0. The fourth-order valence-corrected chi connectivity index (χ4v) is 1.43. The van der Waals surface area contributed by atoms with Crippen molar-refractivity contribution >= 4 is 11.7 Å². The lowest BCUT2D eigenvalue weighted by atomic mass is 10.1. The molecule has 0 saturated heterocycles. The second-order valence-corrected chi connectivity index (χ2v) is 4.41. The minimum atomic E-state index is -0.654. The fourth-order valence-electron chi connectivity index (χ4n) is 1.43. The third-order valence-corrected chi connectivity index (χ3v) is 2.37. The molecule has 0 aliphatic rings. The van der Waals surface area contributed by atoms with Gasteiger partial charge in [-0.1, -0.05) is 13.8 Å². The largest absolute Gasteiger partial charge is 0.462 e. The van der Waals surface area contributed by atoms with Gasteiger partial charge in [-0.3, -0.25) is 0 Å².